The maximum Gasteiger partial charge on any atom is 1.00 e. The molecule has 0 amide bonds. The quantitative estimate of drug-likeness (QED) is 0.0188. The third kappa shape index (κ3) is 13.7. The van der Waals surface area contributed by atoms with E-state index in [1.165, 1.54) is 6.92 Å². The number of allylic oxidation sites excluding steroid dienone is 2. The van der Waals surface area contributed by atoms with E-state index in [1.807, 2.05) is 27.7 Å². The van der Waals surface area contributed by atoms with Crippen LogP contribution in [0.15, 0.2) is 11.6 Å². The molecular weight excluding hydrogens is 1350 g/mol. The maximum atomic E-state index is 14.6. The third-order valence-corrected chi connectivity index (χ3v) is 24.0. The molecule has 4 saturated carbocycles. The first kappa shape index (κ1) is 79.8. The van der Waals surface area contributed by atoms with Crippen molar-refractivity contribution in [2.24, 2.45) is 51.2 Å². The van der Waals surface area contributed by atoms with Gasteiger partial charge in [-0.2, -0.15) is 0 Å². The Bertz CT molecular complexity index is 3060. The van der Waals surface area contributed by atoms with Gasteiger partial charge in [0.2, 0.25) is 20.8 Å². The molecule has 6 saturated heterocycles. The number of carbonyl (C=O) groups is 2. The first-order valence-electron chi connectivity index (χ1n) is 31.9. The summed E-state index contributed by atoms with van der Waals surface area (Å²) in [5, 5.41) is 125. The predicted octanol–water partition coefficient (Wildman–Crippen LogP) is -10.1. The van der Waals surface area contributed by atoms with E-state index in [0.717, 1.165) is 12.7 Å². The molecule has 0 aromatic heterocycles. The molecule has 11 aliphatic rings. The number of carbonyl (C=O) groups excluding carboxylic acids is 2. The first-order valence-corrected chi connectivity index (χ1v) is 34.6. The first-order chi connectivity index (χ1) is 43.7. The minimum Gasteiger partial charge on any atom is -0.726 e. The van der Waals surface area contributed by atoms with Gasteiger partial charge in [-0.05, 0) is 81.5 Å². The van der Waals surface area contributed by atoms with Gasteiger partial charge in [0.25, 0.3) is 0 Å². The molecule has 0 unspecified atom stereocenters. The molecule has 0 radical (unpaired) electrons. The molecule has 11 N–H and O–H groups in total. The number of aliphatic hydroxyl groups excluding tert-OH is 10. The summed E-state index contributed by atoms with van der Waals surface area (Å²) in [6.45, 7) is 11.3. The number of aliphatic hydroxyl groups is 11. The van der Waals surface area contributed by atoms with Crippen LogP contribution in [0.4, 0.5) is 0 Å². The van der Waals surface area contributed by atoms with Gasteiger partial charge < -0.3 is 122 Å². The van der Waals surface area contributed by atoms with Crippen LogP contribution in [0.25, 0.3) is 0 Å². The van der Waals surface area contributed by atoms with Gasteiger partial charge in [0, 0.05) is 24.4 Å². The fraction of sp³-hybridized carbons (Fsp3) is 0.932. The van der Waals surface area contributed by atoms with Gasteiger partial charge in [0.15, 0.2) is 31.5 Å². The number of rotatable bonds is 19. The van der Waals surface area contributed by atoms with Gasteiger partial charge in [0.05, 0.1) is 55.6 Å². The molecule has 0 aromatic carbocycles. The topological polar surface area (TPSA) is 500 Å². The Morgan fingerprint density at radius 3 is 1.93 bits per heavy atom. The molecule has 33 nitrogen and oxygen atoms in total. The zero-order chi connectivity index (χ0) is 68.9. The number of hydrogen-bond acceptors (Lipinski definition) is 33. The molecule has 538 valence electrons. The average Bonchev–Trinajstić information content (AvgIpc) is 1.46. The van der Waals surface area contributed by atoms with E-state index in [-0.39, 0.29) is 95.0 Å². The van der Waals surface area contributed by atoms with Crippen LogP contribution >= 0.6 is 0 Å². The van der Waals surface area contributed by atoms with Crippen molar-refractivity contribution >= 4 is 32.6 Å². The Hall–Kier alpha value is -0.260. The van der Waals surface area contributed by atoms with Gasteiger partial charge in [-0.1, -0.05) is 53.2 Å². The molecule has 6 heterocycles. The Kier molecular flexibility index (Phi) is 24.0. The number of ketones is 1. The van der Waals surface area contributed by atoms with Crippen LogP contribution in [0.3, 0.4) is 0 Å². The van der Waals surface area contributed by atoms with Crippen LogP contribution in [-0.4, -0.2) is 286 Å². The number of hydrogen-bond donors (Lipinski definition) is 11. The largest absolute Gasteiger partial charge is 1.00 e. The smallest absolute Gasteiger partial charge is 0.726 e. The van der Waals surface area contributed by atoms with Crippen molar-refractivity contribution in [1.29, 1.82) is 0 Å². The Morgan fingerprint density at radius 2 is 1.29 bits per heavy atom. The van der Waals surface area contributed by atoms with Crippen molar-refractivity contribution in [1.82, 2.24) is 0 Å². The minimum atomic E-state index is -5.58. The van der Waals surface area contributed by atoms with Gasteiger partial charge in [-0.15, -0.1) is 0 Å². The summed E-state index contributed by atoms with van der Waals surface area (Å²) < 4.78 is 152. The summed E-state index contributed by atoms with van der Waals surface area (Å²) in [5.41, 5.74) is -4.52. The van der Waals surface area contributed by atoms with E-state index >= 15 is 0 Å². The van der Waals surface area contributed by atoms with E-state index in [9.17, 15) is 91.7 Å². The minimum absolute atomic E-state index is 0. The van der Waals surface area contributed by atoms with Crippen molar-refractivity contribution in [3.05, 3.63) is 11.6 Å². The van der Waals surface area contributed by atoms with Crippen molar-refractivity contribution in [2.75, 3.05) is 33.5 Å². The van der Waals surface area contributed by atoms with Crippen LogP contribution in [0.5, 0.6) is 0 Å². The molecule has 11 rings (SSSR count). The number of esters is 1. The summed E-state index contributed by atoms with van der Waals surface area (Å²) in [7, 11) is -9.87. The summed E-state index contributed by atoms with van der Waals surface area (Å²) in [6, 6.07) is 0. The molecule has 96 heavy (non-hydrogen) atoms. The Morgan fingerprint density at radius 1 is 0.688 bits per heavy atom. The van der Waals surface area contributed by atoms with Gasteiger partial charge in [-0.3, -0.25) is 18.0 Å². The van der Waals surface area contributed by atoms with Gasteiger partial charge in [-0.25, -0.2) is 16.8 Å². The molecule has 1 spiro atoms. The van der Waals surface area contributed by atoms with Crippen molar-refractivity contribution in [3.63, 3.8) is 0 Å². The van der Waals surface area contributed by atoms with E-state index in [1.54, 1.807) is 6.92 Å². The van der Waals surface area contributed by atoms with Crippen LogP contribution in [0.2, 0.25) is 0 Å². The predicted molar refractivity (Wildman–Crippen MR) is 304 cm³/mol. The fourth-order valence-electron chi connectivity index (χ4n) is 18.8. The van der Waals surface area contributed by atoms with Crippen LogP contribution in [0, 0.1) is 51.2 Å². The maximum absolute atomic E-state index is 14.6. The monoisotopic (exact) mass is 1440 g/mol. The van der Waals surface area contributed by atoms with Crippen molar-refractivity contribution in [2.45, 2.75) is 259 Å². The van der Waals surface area contributed by atoms with E-state index in [2.05, 4.69) is 24.1 Å². The molecular formula is C59H90Na2O33S2. The Labute approximate surface area is 599 Å². The number of ether oxygens (including phenoxy) is 12. The van der Waals surface area contributed by atoms with E-state index in [4.69, 9.17) is 61.0 Å². The zero-order valence-corrected chi connectivity index (χ0v) is 60.9. The molecule has 37 heteroatoms. The Balaban J connectivity index is 0.00000541. The second-order valence-electron chi connectivity index (χ2n) is 29.2. The van der Waals surface area contributed by atoms with Gasteiger partial charge >= 0.3 is 65.1 Å². The normalized spacial score (nSPS) is 50.6. The standard InChI is InChI=1S/C59H92O33S2.2Na/c1-22(2)33(62)26-16-57(8,72)52-58-15-12-24-25(56(58,7)21-59(26,52)91-53(58)71)10-11-31-54(4,5)32(13-14-55(24,31)6)86-50-45(37(66)30(19-81-50)92-94(76,77)78)90-51-46(89-47-38(67)35(64)27(61)18-80-47)39(68)42(28(17-60)84-51)87-48-41(70)44(34(63)23(3)83-48)88-49-40(69)43(79-9)36(65)29(85-49)20-82-93(73,74)75;;/h10,22-24,26-32,34-52,60-61,63-70,72H,11-21H2,1-9H3,(H,73,74,75)(H,76,77,78);;/q;2*+1/p-2/t23-,24-,26-,27-,28-,29-,30-,31+,32+,34-,35+,36-,37+,38-,39+,40-,41-,42-,43+,44+,45-,46-,47+,48+,49+,50+,51+,52-,55-,56+,57+,58+,59-;;/m1../s1. The summed E-state index contributed by atoms with van der Waals surface area (Å²) >= 11 is 0. The SMILES string of the molecule is CO[C@@H]1[C@@H](O)[C@H](O[C@@H]2[C@@H](O)[C@H](O[C@H]3[C@H](O)[C@@H](O[C@@H]4OC[C@@H](O)[C@H](O)[C@H]4O)[C@H](O[C@H]4[C@H](O[C@H]5CC[C@]6(C)[C@@H]7CC[C@]89C(=O)O[C@]%10(C[C@@]8(C)C7=CC[C@H]6C5(C)C)[C@@H](C(=O)C(C)C)C[C@](C)(O)[C@@H]%109)OC[C@@H](OS(=O)(=O)[O-])[C@@H]4O)O[C@@H]3CO)O[C@H](C)[C@H]2O)O[C@H](COS(=O)(=O)[O-])[C@H]1O.[Na+].[Na+]. The molecule has 2 bridgehead atoms. The second-order valence-corrected chi connectivity index (χ2v) is 31.2. The van der Waals surface area contributed by atoms with Crippen LogP contribution in [0.1, 0.15) is 100 Å². The molecule has 10 fully saturated rings. The fourth-order valence-corrected chi connectivity index (χ4v) is 19.6. The summed E-state index contributed by atoms with van der Waals surface area (Å²) in [6.07, 6.45) is -39.6. The molecule has 33 atom stereocenters. The second kappa shape index (κ2) is 28.9. The molecule has 6 aliphatic heterocycles. The number of fused-ring (bicyclic) bond motifs is 4. The molecule has 0 aromatic rings. The number of methoxy groups -OCH3 is 1. The van der Waals surface area contributed by atoms with E-state index in [0.29, 0.717) is 38.5 Å². The zero-order valence-electron chi connectivity index (χ0n) is 55.3. The van der Waals surface area contributed by atoms with Crippen LogP contribution in [-0.2, 0) is 95.6 Å². The third-order valence-electron chi connectivity index (χ3n) is 23.1. The van der Waals surface area contributed by atoms with Crippen LogP contribution < -0.4 is 59.1 Å². The number of Topliss-reactive ketones (excluding diaryl/α,β-unsaturated/α-hetero) is 1. The van der Waals surface area contributed by atoms with Crippen molar-refractivity contribution in [3.8, 4) is 0 Å². The van der Waals surface area contributed by atoms with E-state index < -0.39 is 239 Å². The van der Waals surface area contributed by atoms with Gasteiger partial charge in [0.1, 0.15) is 115 Å². The van der Waals surface area contributed by atoms with Crippen molar-refractivity contribution < 1.29 is 216 Å². The molecule has 5 aliphatic carbocycles. The average molecular weight is 1440 g/mol. The summed E-state index contributed by atoms with van der Waals surface area (Å²) in [5.74, 6) is -2.31. The summed E-state index contributed by atoms with van der Waals surface area (Å²) in [4.78, 5) is 28.6.